The monoisotopic (exact) mass is 317 g/mol. The van der Waals surface area contributed by atoms with Crippen LogP contribution in [0.15, 0.2) is 36.7 Å². The van der Waals surface area contributed by atoms with Gasteiger partial charge in [0.2, 0.25) is 0 Å². The van der Waals surface area contributed by atoms with Crippen LogP contribution in [0, 0.1) is 11.2 Å². The molecule has 3 rings (SSSR count). The van der Waals surface area contributed by atoms with Crippen molar-refractivity contribution in [1.29, 1.82) is 0 Å². The fourth-order valence-corrected chi connectivity index (χ4v) is 3.34. The normalized spacial score (nSPS) is 23.8. The van der Waals surface area contributed by atoms with E-state index in [1.165, 1.54) is 24.5 Å². The molecule has 2 aromatic rings. The van der Waals surface area contributed by atoms with Crippen LogP contribution in [0.25, 0.3) is 0 Å². The van der Waals surface area contributed by atoms with Gasteiger partial charge in [0, 0.05) is 18.2 Å². The Labute approximate surface area is 133 Å². The first-order valence-electron chi connectivity index (χ1n) is 7.79. The quantitative estimate of drug-likeness (QED) is 0.790. The van der Waals surface area contributed by atoms with Crippen LogP contribution in [0.3, 0.4) is 0 Å². The summed E-state index contributed by atoms with van der Waals surface area (Å²) in [5.74, 6) is -0.487. The van der Waals surface area contributed by atoms with Gasteiger partial charge in [-0.15, -0.1) is 0 Å². The van der Waals surface area contributed by atoms with Crippen LogP contribution in [0.1, 0.15) is 35.2 Å². The van der Waals surface area contributed by atoms with Gasteiger partial charge in [0.1, 0.15) is 5.82 Å². The number of carbonyl (C=O) groups excluding carboxylic acids is 1. The van der Waals surface area contributed by atoms with E-state index in [1.807, 2.05) is 0 Å². The number of hydrogen-bond acceptors (Lipinski definition) is 3. The number of H-pyrrole nitrogens is 1. The second kappa shape index (κ2) is 6.50. The van der Waals surface area contributed by atoms with Crippen LogP contribution in [0.5, 0.6) is 0 Å². The highest BCUT2D eigenvalue weighted by Gasteiger charge is 2.42. The molecule has 5 nitrogen and oxygen atoms in total. The van der Waals surface area contributed by atoms with E-state index in [1.54, 1.807) is 12.1 Å². The summed E-state index contributed by atoms with van der Waals surface area (Å²) in [6.45, 7) is 0.384. The molecule has 0 radical (unpaired) electrons. The smallest absolute Gasteiger partial charge is 0.254 e. The Kier molecular flexibility index (Phi) is 4.43. The lowest BCUT2D eigenvalue weighted by Gasteiger charge is -2.33. The standard InChI is InChI=1S/C17H20FN3O2/c18-14-5-3-12(4-6-14)8-17(7-1-2-15(17)22)11-19-16(23)13-9-20-21-10-13/h3-6,9-10,15,22H,1-2,7-8,11H2,(H,19,23)(H,20,21)/t15-,17+/m1/s1. The third-order valence-corrected chi connectivity index (χ3v) is 4.69. The zero-order chi connectivity index (χ0) is 16.3. The van der Waals surface area contributed by atoms with Gasteiger partial charge in [-0.3, -0.25) is 9.89 Å². The fourth-order valence-electron chi connectivity index (χ4n) is 3.34. The molecule has 1 fully saturated rings. The van der Waals surface area contributed by atoms with Crippen LogP contribution in [-0.2, 0) is 6.42 Å². The number of nitrogens with one attached hydrogen (secondary N) is 2. The molecule has 6 heteroatoms. The molecule has 0 saturated heterocycles. The number of aliphatic hydroxyl groups is 1. The lowest BCUT2D eigenvalue weighted by molar-refractivity contribution is 0.0500. The molecular weight excluding hydrogens is 297 g/mol. The number of benzene rings is 1. The van der Waals surface area contributed by atoms with Gasteiger partial charge in [0.25, 0.3) is 5.91 Å². The van der Waals surface area contributed by atoms with Gasteiger partial charge in [-0.25, -0.2) is 4.39 Å². The summed E-state index contributed by atoms with van der Waals surface area (Å²) in [6.07, 6.45) is 5.61. The van der Waals surface area contributed by atoms with Crippen molar-refractivity contribution >= 4 is 5.91 Å². The van der Waals surface area contributed by atoms with Crippen molar-refractivity contribution in [3.63, 3.8) is 0 Å². The maximum absolute atomic E-state index is 13.1. The highest BCUT2D eigenvalue weighted by Crippen LogP contribution is 2.40. The van der Waals surface area contributed by atoms with Crippen LogP contribution >= 0.6 is 0 Å². The van der Waals surface area contributed by atoms with E-state index in [4.69, 9.17) is 0 Å². The number of carbonyl (C=O) groups is 1. The minimum absolute atomic E-state index is 0.212. The van der Waals surface area contributed by atoms with Gasteiger partial charge in [0.05, 0.1) is 17.9 Å². The first kappa shape index (κ1) is 15.7. The van der Waals surface area contributed by atoms with Gasteiger partial charge < -0.3 is 10.4 Å². The van der Waals surface area contributed by atoms with E-state index in [-0.39, 0.29) is 11.7 Å². The average molecular weight is 317 g/mol. The molecule has 1 saturated carbocycles. The van der Waals surface area contributed by atoms with Crippen molar-refractivity contribution < 1.29 is 14.3 Å². The molecular formula is C17H20FN3O2. The van der Waals surface area contributed by atoms with Crippen LogP contribution < -0.4 is 5.32 Å². The molecule has 0 unspecified atom stereocenters. The summed E-state index contributed by atoms with van der Waals surface area (Å²) in [7, 11) is 0. The minimum Gasteiger partial charge on any atom is -0.392 e. The Balaban J connectivity index is 1.72. The SMILES string of the molecule is O=C(NC[C@@]1(Cc2ccc(F)cc2)CCC[C@H]1O)c1cn[nH]c1. The summed E-state index contributed by atoms with van der Waals surface area (Å²) >= 11 is 0. The van der Waals surface area contributed by atoms with E-state index in [9.17, 15) is 14.3 Å². The van der Waals surface area contributed by atoms with E-state index < -0.39 is 11.5 Å². The molecule has 122 valence electrons. The zero-order valence-electron chi connectivity index (χ0n) is 12.8. The molecule has 3 N–H and O–H groups in total. The van der Waals surface area contributed by atoms with E-state index in [0.29, 0.717) is 18.5 Å². The molecule has 2 atom stereocenters. The van der Waals surface area contributed by atoms with Crippen molar-refractivity contribution in [3.8, 4) is 0 Å². The molecule has 1 aromatic carbocycles. The number of aromatic amines is 1. The van der Waals surface area contributed by atoms with Crippen LogP contribution in [0.4, 0.5) is 4.39 Å². The molecule has 0 spiro atoms. The maximum atomic E-state index is 13.1. The Bertz CT molecular complexity index is 657. The number of nitrogens with zero attached hydrogens (tertiary/aromatic N) is 1. The molecule has 1 aliphatic carbocycles. The minimum atomic E-state index is -0.475. The molecule has 1 aliphatic rings. The largest absolute Gasteiger partial charge is 0.392 e. The second-order valence-electron chi connectivity index (χ2n) is 6.24. The predicted octanol–water partition coefficient (Wildman–Crippen LogP) is 2.05. The molecule has 1 aromatic heterocycles. The lowest BCUT2D eigenvalue weighted by Crippen LogP contribution is -2.44. The zero-order valence-corrected chi connectivity index (χ0v) is 12.8. The van der Waals surface area contributed by atoms with E-state index >= 15 is 0 Å². The van der Waals surface area contributed by atoms with Gasteiger partial charge >= 0.3 is 0 Å². The molecule has 1 heterocycles. The average Bonchev–Trinajstić information content (AvgIpc) is 3.19. The highest BCUT2D eigenvalue weighted by molar-refractivity contribution is 5.93. The Morgan fingerprint density at radius 1 is 1.43 bits per heavy atom. The van der Waals surface area contributed by atoms with Crippen molar-refractivity contribution in [3.05, 3.63) is 53.6 Å². The molecule has 0 bridgehead atoms. The number of hydrogen-bond donors (Lipinski definition) is 3. The third kappa shape index (κ3) is 3.42. The molecule has 23 heavy (non-hydrogen) atoms. The summed E-state index contributed by atoms with van der Waals surface area (Å²) in [6, 6.07) is 6.32. The van der Waals surface area contributed by atoms with Gasteiger partial charge in [-0.05, 0) is 37.0 Å². The van der Waals surface area contributed by atoms with Crippen LogP contribution in [0.2, 0.25) is 0 Å². The number of aliphatic hydroxyl groups excluding tert-OH is 1. The van der Waals surface area contributed by atoms with E-state index in [2.05, 4.69) is 15.5 Å². The summed E-state index contributed by atoms with van der Waals surface area (Å²) < 4.78 is 13.1. The van der Waals surface area contributed by atoms with Crippen molar-refractivity contribution in [2.24, 2.45) is 5.41 Å². The summed E-state index contributed by atoms with van der Waals surface area (Å²) in [5.41, 5.74) is 1.02. The number of rotatable bonds is 5. The lowest BCUT2D eigenvalue weighted by atomic mass is 9.78. The first-order chi connectivity index (χ1) is 11.1. The van der Waals surface area contributed by atoms with Gasteiger partial charge in [0.15, 0.2) is 0 Å². The number of halogens is 1. The Morgan fingerprint density at radius 3 is 2.83 bits per heavy atom. The molecule has 1 amide bonds. The first-order valence-corrected chi connectivity index (χ1v) is 7.79. The predicted molar refractivity (Wildman–Crippen MR) is 83.3 cm³/mol. The van der Waals surface area contributed by atoms with Crippen molar-refractivity contribution in [2.45, 2.75) is 31.8 Å². The summed E-state index contributed by atoms with van der Waals surface area (Å²) in [5, 5.41) is 19.7. The third-order valence-electron chi connectivity index (χ3n) is 4.69. The Morgan fingerprint density at radius 2 is 2.22 bits per heavy atom. The molecule has 0 aliphatic heterocycles. The summed E-state index contributed by atoms with van der Waals surface area (Å²) in [4.78, 5) is 12.1. The van der Waals surface area contributed by atoms with Crippen LogP contribution in [-0.4, -0.2) is 33.9 Å². The maximum Gasteiger partial charge on any atom is 0.254 e. The van der Waals surface area contributed by atoms with Crippen molar-refractivity contribution in [2.75, 3.05) is 6.54 Å². The second-order valence-corrected chi connectivity index (χ2v) is 6.24. The van der Waals surface area contributed by atoms with Gasteiger partial charge in [-0.2, -0.15) is 5.10 Å². The highest BCUT2D eigenvalue weighted by atomic mass is 19.1. The van der Waals surface area contributed by atoms with Crippen molar-refractivity contribution in [1.82, 2.24) is 15.5 Å². The number of amides is 1. The van der Waals surface area contributed by atoms with Gasteiger partial charge in [-0.1, -0.05) is 18.6 Å². The number of aromatic nitrogens is 2. The topological polar surface area (TPSA) is 78.0 Å². The fraction of sp³-hybridized carbons (Fsp3) is 0.412. The van der Waals surface area contributed by atoms with E-state index in [0.717, 1.165) is 24.8 Å². The Hall–Kier alpha value is -2.21.